The Morgan fingerprint density at radius 3 is 2.78 bits per heavy atom. The molecule has 0 aliphatic carbocycles. The zero-order valence-electron chi connectivity index (χ0n) is 12.7. The lowest BCUT2D eigenvalue weighted by molar-refractivity contribution is -0.132. The van der Waals surface area contributed by atoms with E-state index in [0.29, 0.717) is 25.9 Å². The lowest BCUT2D eigenvalue weighted by Crippen LogP contribution is -2.29. The number of carbonyl (C=O) groups is 1. The first-order chi connectivity index (χ1) is 11.3. The molecule has 118 valence electrons. The second-order valence-corrected chi connectivity index (χ2v) is 6.26. The quantitative estimate of drug-likeness (QED) is 0.661. The third-order valence-electron chi connectivity index (χ3n) is 3.53. The Labute approximate surface area is 139 Å². The molecule has 4 nitrogen and oxygen atoms in total. The van der Waals surface area contributed by atoms with E-state index in [0.717, 1.165) is 11.5 Å². The minimum Gasteiger partial charge on any atom is -0.467 e. The molecule has 0 aliphatic heterocycles. The normalized spacial score (nSPS) is 10.6. The first-order valence-electron chi connectivity index (χ1n) is 7.54. The highest BCUT2D eigenvalue weighted by atomic mass is 32.1. The van der Waals surface area contributed by atoms with Gasteiger partial charge in [0.25, 0.3) is 0 Å². The number of furan rings is 1. The Bertz CT molecular complexity index is 673. The molecule has 23 heavy (non-hydrogen) atoms. The van der Waals surface area contributed by atoms with Gasteiger partial charge >= 0.3 is 0 Å². The number of carbonyl (C=O) groups excluding carboxylic acids is 1. The van der Waals surface area contributed by atoms with E-state index in [1.807, 2.05) is 52.7 Å². The maximum Gasteiger partial charge on any atom is 0.223 e. The minimum atomic E-state index is 0.112. The molecule has 0 atom stereocenters. The average Bonchev–Trinajstić information content (AvgIpc) is 3.27. The number of hydrogen-bond donors (Lipinski definition) is 0. The molecule has 0 aromatic carbocycles. The molecule has 3 aromatic rings. The van der Waals surface area contributed by atoms with Crippen LogP contribution in [-0.4, -0.2) is 15.8 Å². The van der Waals surface area contributed by atoms with E-state index in [1.54, 1.807) is 23.8 Å². The van der Waals surface area contributed by atoms with Crippen LogP contribution in [0.3, 0.4) is 0 Å². The molecule has 0 saturated heterocycles. The highest BCUT2D eigenvalue weighted by Gasteiger charge is 2.16. The fraction of sp³-hybridized carbons (Fsp3) is 0.222. The van der Waals surface area contributed by atoms with Crippen molar-refractivity contribution < 1.29 is 9.21 Å². The van der Waals surface area contributed by atoms with Crippen LogP contribution >= 0.6 is 11.3 Å². The fourth-order valence-corrected chi connectivity index (χ4v) is 3.07. The summed E-state index contributed by atoms with van der Waals surface area (Å²) in [5.74, 6) is 0.910. The zero-order valence-corrected chi connectivity index (χ0v) is 13.5. The summed E-state index contributed by atoms with van der Waals surface area (Å²) in [7, 11) is 0. The molecule has 0 fully saturated rings. The lowest BCUT2D eigenvalue weighted by atomic mass is 10.2. The standard InChI is InChI=1S/C18H18N2O2S/c21-18(9-8-15-5-1-2-10-19-15)20(13-16-6-3-11-22-16)14-17-7-4-12-23-17/h1-7,10-12H,8-9,13-14H2. The molecule has 3 heterocycles. The molecule has 0 radical (unpaired) electrons. The van der Waals surface area contributed by atoms with Gasteiger partial charge < -0.3 is 9.32 Å². The molecule has 0 N–H and O–H groups in total. The maximum atomic E-state index is 12.6. The number of rotatable bonds is 7. The van der Waals surface area contributed by atoms with Crippen LogP contribution in [0.5, 0.6) is 0 Å². The summed E-state index contributed by atoms with van der Waals surface area (Å²) >= 11 is 1.66. The largest absolute Gasteiger partial charge is 0.467 e. The Hall–Kier alpha value is -2.40. The van der Waals surface area contributed by atoms with Crippen molar-refractivity contribution in [2.24, 2.45) is 0 Å². The number of aryl methyl sites for hydroxylation is 1. The summed E-state index contributed by atoms with van der Waals surface area (Å²) in [6.45, 7) is 1.10. The molecule has 3 aromatic heterocycles. The van der Waals surface area contributed by atoms with Gasteiger partial charge in [-0.15, -0.1) is 11.3 Å². The molecule has 3 rings (SSSR count). The minimum absolute atomic E-state index is 0.112. The first-order valence-corrected chi connectivity index (χ1v) is 8.41. The van der Waals surface area contributed by atoms with Crippen LogP contribution < -0.4 is 0 Å². The Morgan fingerprint density at radius 1 is 1.13 bits per heavy atom. The van der Waals surface area contributed by atoms with Gasteiger partial charge in [-0.2, -0.15) is 0 Å². The van der Waals surface area contributed by atoms with Crippen LogP contribution in [0.2, 0.25) is 0 Å². The maximum absolute atomic E-state index is 12.6. The van der Waals surface area contributed by atoms with Crippen molar-refractivity contribution in [1.29, 1.82) is 0 Å². The van der Waals surface area contributed by atoms with Crippen molar-refractivity contribution >= 4 is 17.2 Å². The lowest BCUT2D eigenvalue weighted by Gasteiger charge is -2.21. The Morgan fingerprint density at radius 2 is 2.09 bits per heavy atom. The van der Waals surface area contributed by atoms with Gasteiger partial charge in [0, 0.05) is 23.2 Å². The monoisotopic (exact) mass is 326 g/mol. The van der Waals surface area contributed by atoms with Crippen molar-refractivity contribution in [3.8, 4) is 0 Å². The van der Waals surface area contributed by atoms with Crippen molar-refractivity contribution in [1.82, 2.24) is 9.88 Å². The third-order valence-corrected chi connectivity index (χ3v) is 4.39. The number of hydrogen-bond acceptors (Lipinski definition) is 4. The third kappa shape index (κ3) is 4.53. The van der Waals surface area contributed by atoms with Crippen LogP contribution in [0.25, 0.3) is 0 Å². The molecular weight excluding hydrogens is 308 g/mol. The predicted octanol–water partition coefficient (Wildman–Crippen LogP) is 3.90. The molecule has 0 saturated carbocycles. The van der Waals surface area contributed by atoms with Gasteiger partial charge in [-0.05, 0) is 42.1 Å². The van der Waals surface area contributed by atoms with E-state index in [1.165, 1.54) is 4.88 Å². The summed E-state index contributed by atoms with van der Waals surface area (Å²) < 4.78 is 5.39. The van der Waals surface area contributed by atoms with E-state index in [2.05, 4.69) is 4.98 Å². The molecular formula is C18H18N2O2S. The van der Waals surface area contributed by atoms with Gasteiger partial charge in [0.05, 0.1) is 19.4 Å². The van der Waals surface area contributed by atoms with E-state index in [-0.39, 0.29) is 5.91 Å². The van der Waals surface area contributed by atoms with Gasteiger partial charge in [-0.25, -0.2) is 0 Å². The SMILES string of the molecule is O=C(CCc1ccccn1)N(Cc1ccco1)Cc1cccs1. The van der Waals surface area contributed by atoms with Gasteiger partial charge in [-0.3, -0.25) is 9.78 Å². The second-order valence-electron chi connectivity index (χ2n) is 5.23. The second kappa shape index (κ2) is 7.74. The summed E-state index contributed by atoms with van der Waals surface area (Å²) in [6.07, 6.45) is 4.49. The molecule has 5 heteroatoms. The molecule has 1 amide bonds. The van der Waals surface area contributed by atoms with Gasteiger partial charge in [0.15, 0.2) is 0 Å². The van der Waals surface area contributed by atoms with Crippen molar-refractivity contribution in [2.75, 3.05) is 0 Å². The van der Waals surface area contributed by atoms with Crippen LogP contribution in [-0.2, 0) is 24.3 Å². The highest BCUT2D eigenvalue weighted by Crippen LogP contribution is 2.16. The van der Waals surface area contributed by atoms with Crippen molar-refractivity contribution in [3.63, 3.8) is 0 Å². The summed E-state index contributed by atoms with van der Waals surface area (Å²) in [5.41, 5.74) is 0.940. The Kier molecular flexibility index (Phi) is 5.21. The van der Waals surface area contributed by atoms with Gasteiger partial charge in [0.2, 0.25) is 5.91 Å². The summed E-state index contributed by atoms with van der Waals surface area (Å²) in [6, 6.07) is 13.6. The van der Waals surface area contributed by atoms with E-state index in [4.69, 9.17) is 4.42 Å². The van der Waals surface area contributed by atoms with Crippen LogP contribution in [0, 0.1) is 0 Å². The Balaban J connectivity index is 1.65. The molecule has 0 unspecified atom stereocenters. The zero-order chi connectivity index (χ0) is 15.9. The highest BCUT2D eigenvalue weighted by molar-refractivity contribution is 7.09. The van der Waals surface area contributed by atoms with Crippen LogP contribution in [0.1, 0.15) is 22.8 Å². The van der Waals surface area contributed by atoms with E-state index >= 15 is 0 Å². The molecule has 0 aliphatic rings. The number of amides is 1. The van der Waals surface area contributed by atoms with Crippen LogP contribution in [0.15, 0.2) is 64.7 Å². The molecule has 0 spiro atoms. The molecule has 0 bridgehead atoms. The number of nitrogens with zero attached hydrogens (tertiary/aromatic N) is 2. The summed E-state index contributed by atoms with van der Waals surface area (Å²) in [5, 5.41) is 2.03. The van der Waals surface area contributed by atoms with Gasteiger partial charge in [-0.1, -0.05) is 12.1 Å². The van der Waals surface area contributed by atoms with Crippen molar-refractivity contribution in [2.45, 2.75) is 25.9 Å². The first kappa shape index (κ1) is 15.5. The number of aromatic nitrogens is 1. The van der Waals surface area contributed by atoms with E-state index < -0.39 is 0 Å². The van der Waals surface area contributed by atoms with Crippen LogP contribution in [0.4, 0.5) is 0 Å². The van der Waals surface area contributed by atoms with Gasteiger partial charge in [0.1, 0.15) is 5.76 Å². The topological polar surface area (TPSA) is 46.3 Å². The van der Waals surface area contributed by atoms with Crippen molar-refractivity contribution in [3.05, 3.63) is 76.6 Å². The summed E-state index contributed by atoms with van der Waals surface area (Å²) in [4.78, 5) is 19.9. The average molecular weight is 326 g/mol. The number of thiophene rings is 1. The number of pyridine rings is 1. The predicted molar refractivity (Wildman–Crippen MR) is 89.8 cm³/mol. The smallest absolute Gasteiger partial charge is 0.223 e. The fourth-order valence-electron chi connectivity index (χ4n) is 2.35. The van der Waals surface area contributed by atoms with E-state index in [9.17, 15) is 4.79 Å².